The first-order chi connectivity index (χ1) is 7.26. The molecule has 2 atom stereocenters. The van der Waals surface area contributed by atoms with E-state index in [9.17, 15) is 0 Å². The summed E-state index contributed by atoms with van der Waals surface area (Å²) in [7, 11) is 1.91. The van der Waals surface area contributed by atoms with E-state index in [2.05, 4.69) is 30.1 Å². The normalized spacial score (nSPS) is 30.3. The standard InChI is InChI=1S/C12H22N2S/c1-3-4-5-8-15-11-6-7-12(9-11,10-13)14-2/h11,14H,3-9H2,1-2H3. The van der Waals surface area contributed by atoms with E-state index in [4.69, 9.17) is 5.26 Å². The number of thioether (sulfide) groups is 1. The molecule has 1 saturated carbocycles. The third kappa shape index (κ3) is 3.70. The number of unbranched alkanes of at least 4 members (excludes halogenated alkanes) is 2. The average Bonchev–Trinajstić information content (AvgIpc) is 2.69. The van der Waals surface area contributed by atoms with Crippen LogP contribution in [0.2, 0.25) is 0 Å². The van der Waals surface area contributed by atoms with Gasteiger partial charge in [-0.1, -0.05) is 19.8 Å². The number of hydrogen-bond donors (Lipinski definition) is 1. The van der Waals surface area contributed by atoms with Crippen LogP contribution in [-0.4, -0.2) is 23.6 Å². The van der Waals surface area contributed by atoms with Crippen molar-refractivity contribution in [1.29, 1.82) is 5.26 Å². The lowest BCUT2D eigenvalue weighted by molar-refractivity contribution is 0.464. The van der Waals surface area contributed by atoms with E-state index in [1.165, 1.54) is 31.4 Å². The lowest BCUT2D eigenvalue weighted by Crippen LogP contribution is -2.38. The fourth-order valence-corrected chi connectivity index (χ4v) is 3.52. The van der Waals surface area contributed by atoms with E-state index < -0.39 is 0 Å². The molecule has 1 aliphatic carbocycles. The largest absolute Gasteiger partial charge is 0.302 e. The van der Waals surface area contributed by atoms with Crippen LogP contribution in [0.4, 0.5) is 0 Å². The third-order valence-corrected chi connectivity index (χ3v) is 4.66. The molecule has 1 fully saturated rings. The highest BCUT2D eigenvalue weighted by atomic mass is 32.2. The fourth-order valence-electron chi connectivity index (χ4n) is 2.13. The summed E-state index contributed by atoms with van der Waals surface area (Å²) in [6.07, 6.45) is 7.21. The van der Waals surface area contributed by atoms with Crippen molar-refractivity contribution in [2.45, 2.75) is 56.2 Å². The zero-order chi connectivity index (χ0) is 11.1. The van der Waals surface area contributed by atoms with E-state index in [1.807, 2.05) is 7.05 Å². The second-order valence-corrected chi connectivity index (χ2v) is 5.79. The molecule has 0 radical (unpaired) electrons. The molecule has 0 aromatic carbocycles. The zero-order valence-corrected chi connectivity index (χ0v) is 10.7. The summed E-state index contributed by atoms with van der Waals surface area (Å²) in [6, 6.07) is 2.43. The van der Waals surface area contributed by atoms with E-state index in [0.717, 1.165) is 12.8 Å². The van der Waals surface area contributed by atoms with Gasteiger partial charge in [0.2, 0.25) is 0 Å². The van der Waals surface area contributed by atoms with Crippen molar-refractivity contribution in [3.63, 3.8) is 0 Å². The van der Waals surface area contributed by atoms with Crippen molar-refractivity contribution in [3.8, 4) is 6.07 Å². The second-order valence-electron chi connectivity index (χ2n) is 4.39. The molecule has 0 aliphatic heterocycles. The molecule has 0 spiro atoms. The molecule has 1 aliphatic rings. The van der Waals surface area contributed by atoms with Gasteiger partial charge in [-0.3, -0.25) is 0 Å². The Kier molecular flexibility index (Phi) is 5.49. The van der Waals surface area contributed by atoms with Crippen LogP contribution >= 0.6 is 11.8 Å². The van der Waals surface area contributed by atoms with Crippen molar-refractivity contribution in [3.05, 3.63) is 0 Å². The molecule has 0 aromatic heterocycles. The summed E-state index contributed by atoms with van der Waals surface area (Å²) in [5, 5.41) is 13.0. The van der Waals surface area contributed by atoms with Crippen LogP contribution in [-0.2, 0) is 0 Å². The number of nitrogens with zero attached hydrogens (tertiary/aromatic N) is 1. The molecule has 0 bridgehead atoms. The van der Waals surface area contributed by atoms with Crippen LogP contribution in [0, 0.1) is 11.3 Å². The Labute approximate surface area is 97.8 Å². The van der Waals surface area contributed by atoms with Crippen LogP contribution < -0.4 is 5.32 Å². The van der Waals surface area contributed by atoms with Gasteiger partial charge in [0.25, 0.3) is 0 Å². The molecular formula is C12H22N2S. The molecule has 0 saturated heterocycles. The molecule has 2 unspecified atom stereocenters. The summed E-state index contributed by atoms with van der Waals surface area (Å²) in [5.41, 5.74) is -0.220. The average molecular weight is 226 g/mol. The van der Waals surface area contributed by atoms with E-state index in [0.29, 0.717) is 5.25 Å². The summed E-state index contributed by atoms with van der Waals surface area (Å²) >= 11 is 2.07. The highest BCUT2D eigenvalue weighted by Crippen LogP contribution is 2.36. The van der Waals surface area contributed by atoms with Gasteiger partial charge in [0.1, 0.15) is 5.54 Å². The first kappa shape index (κ1) is 12.9. The monoisotopic (exact) mass is 226 g/mol. The Hall–Kier alpha value is -0.200. The SMILES string of the molecule is CCCCCSC1CCC(C#N)(NC)C1. The van der Waals surface area contributed by atoms with Crippen molar-refractivity contribution in [2.24, 2.45) is 0 Å². The third-order valence-electron chi connectivity index (χ3n) is 3.26. The first-order valence-corrected chi connectivity index (χ1v) is 7.03. The van der Waals surface area contributed by atoms with Crippen molar-refractivity contribution < 1.29 is 0 Å². The van der Waals surface area contributed by atoms with Crippen LogP contribution in [0.25, 0.3) is 0 Å². The zero-order valence-electron chi connectivity index (χ0n) is 9.88. The quantitative estimate of drug-likeness (QED) is 0.707. The van der Waals surface area contributed by atoms with Crippen LogP contribution in [0.5, 0.6) is 0 Å². The Morgan fingerprint density at radius 1 is 1.53 bits per heavy atom. The van der Waals surface area contributed by atoms with Gasteiger partial charge in [-0.2, -0.15) is 17.0 Å². The van der Waals surface area contributed by atoms with Gasteiger partial charge in [0.15, 0.2) is 0 Å². The minimum atomic E-state index is -0.220. The molecule has 86 valence electrons. The first-order valence-electron chi connectivity index (χ1n) is 5.98. The van der Waals surface area contributed by atoms with Gasteiger partial charge in [0, 0.05) is 5.25 Å². The van der Waals surface area contributed by atoms with Crippen LogP contribution in [0.3, 0.4) is 0 Å². The molecule has 1 N–H and O–H groups in total. The molecule has 0 amide bonds. The second kappa shape index (κ2) is 6.40. The summed E-state index contributed by atoms with van der Waals surface area (Å²) in [4.78, 5) is 0. The molecule has 0 heterocycles. The predicted molar refractivity (Wildman–Crippen MR) is 67.0 cm³/mol. The smallest absolute Gasteiger partial charge is 0.107 e. The Morgan fingerprint density at radius 2 is 2.33 bits per heavy atom. The lowest BCUT2D eigenvalue weighted by Gasteiger charge is -2.19. The maximum Gasteiger partial charge on any atom is 0.107 e. The van der Waals surface area contributed by atoms with Gasteiger partial charge in [0.05, 0.1) is 6.07 Å². The fraction of sp³-hybridized carbons (Fsp3) is 0.917. The van der Waals surface area contributed by atoms with Crippen molar-refractivity contribution >= 4 is 11.8 Å². The highest BCUT2D eigenvalue weighted by Gasteiger charge is 2.37. The maximum absolute atomic E-state index is 9.12. The van der Waals surface area contributed by atoms with E-state index in [1.54, 1.807) is 0 Å². The number of nitriles is 1. The summed E-state index contributed by atoms with van der Waals surface area (Å²) in [6.45, 7) is 2.24. The molecule has 3 heteroatoms. The van der Waals surface area contributed by atoms with Crippen LogP contribution in [0.15, 0.2) is 0 Å². The number of rotatable bonds is 6. The Bertz CT molecular complexity index is 224. The maximum atomic E-state index is 9.12. The van der Waals surface area contributed by atoms with Crippen LogP contribution in [0.1, 0.15) is 45.4 Å². The van der Waals surface area contributed by atoms with Gasteiger partial charge < -0.3 is 5.32 Å². The van der Waals surface area contributed by atoms with Gasteiger partial charge in [-0.05, 0) is 38.5 Å². The Morgan fingerprint density at radius 3 is 2.87 bits per heavy atom. The van der Waals surface area contributed by atoms with Gasteiger partial charge in [-0.15, -0.1) is 0 Å². The van der Waals surface area contributed by atoms with Gasteiger partial charge >= 0.3 is 0 Å². The molecule has 2 nitrogen and oxygen atoms in total. The van der Waals surface area contributed by atoms with Gasteiger partial charge in [-0.25, -0.2) is 0 Å². The summed E-state index contributed by atoms with van der Waals surface area (Å²) in [5.74, 6) is 1.27. The molecule has 0 aromatic rings. The molecule has 1 rings (SSSR count). The van der Waals surface area contributed by atoms with E-state index >= 15 is 0 Å². The van der Waals surface area contributed by atoms with E-state index in [-0.39, 0.29) is 5.54 Å². The summed E-state index contributed by atoms with van der Waals surface area (Å²) < 4.78 is 0. The van der Waals surface area contributed by atoms with Crippen molar-refractivity contribution in [1.82, 2.24) is 5.32 Å². The van der Waals surface area contributed by atoms with Crippen molar-refractivity contribution in [2.75, 3.05) is 12.8 Å². The lowest BCUT2D eigenvalue weighted by atomic mass is 10.0. The minimum absolute atomic E-state index is 0.220. The minimum Gasteiger partial charge on any atom is -0.302 e. The molecule has 15 heavy (non-hydrogen) atoms. The predicted octanol–water partition coefficient (Wildman–Crippen LogP) is 2.94. The highest BCUT2D eigenvalue weighted by molar-refractivity contribution is 7.99. The number of nitrogens with one attached hydrogen (secondary N) is 1. The molecular weight excluding hydrogens is 204 g/mol. The Balaban J connectivity index is 2.22. The topological polar surface area (TPSA) is 35.8 Å². The number of hydrogen-bond acceptors (Lipinski definition) is 3.